The number of pyridine rings is 1. The number of nitrogens with zero attached hydrogens (tertiary/aromatic N) is 3. The number of aromatic nitrogens is 2. The zero-order valence-corrected chi connectivity index (χ0v) is 17.9. The fourth-order valence-corrected chi connectivity index (χ4v) is 4.67. The number of benzene rings is 2. The van der Waals surface area contributed by atoms with Crippen molar-refractivity contribution in [3.8, 4) is 6.07 Å². The summed E-state index contributed by atoms with van der Waals surface area (Å²) in [5.74, 6) is -3.22. The van der Waals surface area contributed by atoms with Gasteiger partial charge in [-0.15, -0.1) is 0 Å². The monoisotopic (exact) mass is 470 g/mol. The molecule has 0 bridgehead atoms. The quantitative estimate of drug-likeness (QED) is 0.429. The highest BCUT2D eigenvalue weighted by Gasteiger charge is 2.25. The van der Waals surface area contributed by atoms with E-state index in [4.69, 9.17) is 9.68 Å². The molecule has 0 saturated heterocycles. The Balaban J connectivity index is 1.80. The predicted molar refractivity (Wildman–Crippen MR) is 115 cm³/mol. The van der Waals surface area contributed by atoms with Crippen molar-refractivity contribution in [3.05, 3.63) is 88.0 Å². The van der Waals surface area contributed by atoms with Crippen molar-refractivity contribution >= 4 is 26.9 Å². The van der Waals surface area contributed by atoms with Crippen LogP contribution in [0, 0.1) is 23.1 Å². The maximum absolute atomic E-state index is 14.9. The third-order valence-corrected chi connectivity index (χ3v) is 6.44. The molecule has 0 unspecified atom stereocenters. The first-order valence-electron chi connectivity index (χ1n) is 9.66. The molecule has 11 heteroatoms. The second-order valence-corrected chi connectivity index (χ2v) is 8.80. The first-order valence-corrected chi connectivity index (χ1v) is 11.1. The zero-order chi connectivity index (χ0) is 23.8. The van der Waals surface area contributed by atoms with Crippen LogP contribution in [0.4, 0.5) is 14.6 Å². The molecule has 1 N–H and O–H groups in total. The first-order chi connectivity index (χ1) is 15.7. The molecule has 0 aliphatic carbocycles. The Hall–Kier alpha value is -4.04. The number of nitrogens with one attached hydrogen (secondary N) is 1. The van der Waals surface area contributed by atoms with Gasteiger partial charge in [0.2, 0.25) is 5.95 Å². The minimum atomic E-state index is -4.50. The summed E-state index contributed by atoms with van der Waals surface area (Å²) in [6.45, 7) is 1.69. The number of nitriles is 1. The number of anilines is 1. The Morgan fingerprint density at radius 3 is 2.67 bits per heavy atom. The fraction of sp³-hybridized carbons (Fsp3) is 0.136. The predicted octanol–water partition coefficient (Wildman–Crippen LogP) is 3.74. The van der Waals surface area contributed by atoms with Crippen molar-refractivity contribution in [1.82, 2.24) is 9.55 Å². The fourth-order valence-electron chi connectivity index (χ4n) is 3.59. The molecule has 2 aromatic heterocycles. The van der Waals surface area contributed by atoms with Crippen molar-refractivity contribution in [2.45, 2.75) is 24.3 Å². The highest BCUT2D eigenvalue weighted by atomic mass is 32.2. The molecule has 0 amide bonds. The standard InChI is InChI=1S/C22H16F2N4O4S/c1-13(15-6-3-2-5-14(15)9-10-25)28-17-11-16(23)19(12-18(17)32-22(28)29)33(30,31)27-21-8-4-7-20(24)26-21/h2-8,11-13H,9H2,1H3,(H,26,27)/t13-/m1/s1. The van der Waals surface area contributed by atoms with E-state index in [2.05, 4.69) is 11.1 Å². The summed E-state index contributed by atoms with van der Waals surface area (Å²) in [6, 6.07) is 13.7. The van der Waals surface area contributed by atoms with Gasteiger partial charge in [0.25, 0.3) is 10.0 Å². The normalized spacial score (nSPS) is 12.4. The third kappa shape index (κ3) is 4.20. The van der Waals surface area contributed by atoms with E-state index in [1.807, 2.05) is 4.72 Å². The lowest BCUT2D eigenvalue weighted by Gasteiger charge is -2.16. The molecule has 0 spiro atoms. The molecule has 2 heterocycles. The van der Waals surface area contributed by atoms with Gasteiger partial charge in [0.1, 0.15) is 16.5 Å². The molecular weight excluding hydrogens is 454 g/mol. The van der Waals surface area contributed by atoms with Crippen LogP contribution in [-0.4, -0.2) is 18.0 Å². The highest BCUT2D eigenvalue weighted by Crippen LogP contribution is 2.29. The van der Waals surface area contributed by atoms with E-state index >= 15 is 0 Å². The average Bonchev–Trinajstić information content (AvgIpc) is 3.07. The first kappa shape index (κ1) is 22.2. The van der Waals surface area contributed by atoms with Gasteiger partial charge < -0.3 is 4.42 Å². The number of rotatable bonds is 6. The van der Waals surface area contributed by atoms with Gasteiger partial charge in [0.05, 0.1) is 24.0 Å². The lowest BCUT2D eigenvalue weighted by atomic mass is 9.99. The average molecular weight is 470 g/mol. The van der Waals surface area contributed by atoms with Crippen LogP contribution in [0.3, 0.4) is 0 Å². The van der Waals surface area contributed by atoms with Crippen molar-refractivity contribution < 1.29 is 21.6 Å². The molecule has 0 fully saturated rings. The number of halogens is 2. The minimum absolute atomic E-state index is 0.0413. The smallest absolute Gasteiger partial charge is 0.408 e. The zero-order valence-electron chi connectivity index (χ0n) is 17.1. The summed E-state index contributed by atoms with van der Waals surface area (Å²) in [4.78, 5) is 15.2. The molecule has 8 nitrogen and oxygen atoms in total. The van der Waals surface area contributed by atoms with Gasteiger partial charge in [0.15, 0.2) is 5.58 Å². The van der Waals surface area contributed by atoms with Crippen molar-refractivity contribution in [3.63, 3.8) is 0 Å². The van der Waals surface area contributed by atoms with Crippen LogP contribution in [0.25, 0.3) is 11.1 Å². The van der Waals surface area contributed by atoms with Gasteiger partial charge in [-0.05, 0) is 30.2 Å². The van der Waals surface area contributed by atoms with Crippen molar-refractivity contribution in [2.24, 2.45) is 0 Å². The molecule has 2 aromatic carbocycles. The highest BCUT2D eigenvalue weighted by molar-refractivity contribution is 7.92. The summed E-state index contributed by atoms with van der Waals surface area (Å²) >= 11 is 0. The van der Waals surface area contributed by atoms with Gasteiger partial charge in [-0.3, -0.25) is 9.29 Å². The number of hydrogen-bond acceptors (Lipinski definition) is 6. The van der Waals surface area contributed by atoms with Gasteiger partial charge in [0, 0.05) is 12.1 Å². The third-order valence-electron chi connectivity index (χ3n) is 5.07. The largest absolute Gasteiger partial charge is 0.420 e. The second kappa shape index (κ2) is 8.48. The van der Waals surface area contributed by atoms with E-state index in [0.29, 0.717) is 11.1 Å². The van der Waals surface area contributed by atoms with Crippen LogP contribution >= 0.6 is 0 Å². The molecule has 0 radical (unpaired) electrons. The molecule has 0 saturated carbocycles. The van der Waals surface area contributed by atoms with Crippen LogP contribution in [0.5, 0.6) is 0 Å². The van der Waals surface area contributed by atoms with Crippen LogP contribution in [0.1, 0.15) is 24.1 Å². The summed E-state index contributed by atoms with van der Waals surface area (Å²) < 4.78 is 62.0. The number of hydrogen-bond donors (Lipinski definition) is 1. The Kier molecular flexibility index (Phi) is 5.69. The maximum Gasteiger partial charge on any atom is 0.420 e. The molecule has 4 rings (SSSR count). The second-order valence-electron chi connectivity index (χ2n) is 7.15. The molecule has 0 aliphatic rings. The summed E-state index contributed by atoms with van der Waals surface area (Å²) in [6.07, 6.45) is 0.113. The SMILES string of the molecule is C[C@H](c1ccccc1CC#N)n1c(=O)oc2cc(S(=O)(=O)Nc3cccc(F)n3)c(F)cc21. The molecule has 4 aromatic rings. The topological polar surface area (TPSA) is 118 Å². The van der Waals surface area contributed by atoms with Gasteiger partial charge in [-0.25, -0.2) is 22.6 Å². The van der Waals surface area contributed by atoms with Crippen molar-refractivity contribution in [1.29, 1.82) is 5.26 Å². The Morgan fingerprint density at radius 1 is 1.18 bits per heavy atom. The van der Waals surface area contributed by atoms with Crippen LogP contribution in [-0.2, 0) is 16.4 Å². The lowest BCUT2D eigenvalue weighted by Crippen LogP contribution is -2.20. The van der Waals surface area contributed by atoms with E-state index in [1.54, 1.807) is 31.2 Å². The van der Waals surface area contributed by atoms with E-state index in [9.17, 15) is 22.0 Å². The molecule has 33 heavy (non-hydrogen) atoms. The lowest BCUT2D eigenvalue weighted by molar-refractivity contribution is 0.488. The Bertz CT molecular complexity index is 1570. The van der Waals surface area contributed by atoms with Gasteiger partial charge in [-0.2, -0.15) is 9.65 Å². The number of oxazole rings is 1. The molecule has 1 atom stereocenters. The molecular formula is C22H16F2N4O4S. The van der Waals surface area contributed by atoms with Crippen LogP contribution in [0.2, 0.25) is 0 Å². The van der Waals surface area contributed by atoms with E-state index in [1.165, 1.54) is 16.7 Å². The summed E-state index contributed by atoms with van der Waals surface area (Å²) in [5.41, 5.74) is 1.25. The molecule has 168 valence electrons. The van der Waals surface area contributed by atoms with Crippen LogP contribution in [0.15, 0.2) is 68.7 Å². The minimum Gasteiger partial charge on any atom is -0.408 e. The van der Waals surface area contributed by atoms with Crippen LogP contribution < -0.4 is 10.5 Å². The summed E-state index contributed by atoms with van der Waals surface area (Å²) in [7, 11) is -4.50. The van der Waals surface area contributed by atoms with E-state index < -0.39 is 38.5 Å². The van der Waals surface area contributed by atoms with Crippen molar-refractivity contribution in [2.75, 3.05) is 4.72 Å². The Morgan fingerprint density at radius 2 is 1.94 bits per heavy atom. The molecule has 0 aliphatic heterocycles. The Labute approximate surface area is 186 Å². The maximum atomic E-state index is 14.9. The van der Waals surface area contributed by atoms with Gasteiger partial charge >= 0.3 is 5.76 Å². The van der Waals surface area contributed by atoms with E-state index in [0.717, 1.165) is 18.2 Å². The number of sulfonamides is 1. The van der Waals surface area contributed by atoms with Gasteiger partial charge in [-0.1, -0.05) is 30.3 Å². The summed E-state index contributed by atoms with van der Waals surface area (Å²) in [5, 5.41) is 9.07. The number of fused-ring (bicyclic) bond motifs is 1. The van der Waals surface area contributed by atoms with E-state index in [-0.39, 0.29) is 23.3 Å².